The van der Waals surface area contributed by atoms with Gasteiger partial charge in [0.15, 0.2) is 5.82 Å². The van der Waals surface area contributed by atoms with Crippen LogP contribution in [0.4, 0.5) is 10.3 Å². The molecule has 1 N–H and O–H groups in total. The summed E-state index contributed by atoms with van der Waals surface area (Å²) in [4.78, 5) is 26.0. The van der Waals surface area contributed by atoms with Gasteiger partial charge in [-0.2, -0.15) is 0 Å². The molecule has 0 radical (unpaired) electrons. The summed E-state index contributed by atoms with van der Waals surface area (Å²) in [5.74, 6) is 0.291. The van der Waals surface area contributed by atoms with Gasteiger partial charge in [-0.3, -0.25) is 9.78 Å². The normalized spacial score (nSPS) is 21.3. The summed E-state index contributed by atoms with van der Waals surface area (Å²) in [6, 6.07) is 3.49. The molecule has 2 aliphatic heterocycles. The molecule has 8 heteroatoms. The van der Waals surface area contributed by atoms with E-state index >= 15 is 0 Å². The largest absolute Gasteiger partial charge is 0.371 e. The predicted molar refractivity (Wildman–Crippen MR) is 92.2 cm³/mol. The molecule has 2 fully saturated rings. The average molecular weight is 357 g/mol. The van der Waals surface area contributed by atoms with E-state index in [-0.39, 0.29) is 11.5 Å². The van der Waals surface area contributed by atoms with Crippen LogP contribution in [0.2, 0.25) is 0 Å². The number of ether oxygens (including phenoxy) is 1. The highest BCUT2D eigenvalue weighted by atomic mass is 19.1. The van der Waals surface area contributed by atoms with Gasteiger partial charge in [0.05, 0.1) is 37.7 Å². The Hall–Kier alpha value is -2.61. The molecule has 0 saturated carbocycles. The smallest absolute Gasteiger partial charge is 0.252 e. The fraction of sp³-hybridized carbons (Fsp3) is 0.444. The number of carbonyl (C=O) groups excluding carboxylic acids is 1. The zero-order valence-electron chi connectivity index (χ0n) is 14.3. The van der Waals surface area contributed by atoms with Crippen molar-refractivity contribution >= 4 is 11.9 Å². The van der Waals surface area contributed by atoms with E-state index in [0.717, 1.165) is 12.8 Å². The van der Waals surface area contributed by atoms with Crippen LogP contribution in [0.5, 0.6) is 0 Å². The van der Waals surface area contributed by atoms with Gasteiger partial charge in [0.25, 0.3) is 5.91 Å². The van der Waals surface area contributed by atoms with Gasteiger partial charge in [-0.05, 0) is 30.9 Å². The predicted octanol–water partition coefficient (Wildman–Crippen LogP) is 1.43. The van der Waals surface area contributed by atoms with E-state index in [1.165, 1.54) is 12.4 Å². The summed E-state index contributed by atoms with van der Waals surface area (Å²) in [7, 11) is 0. The van der Waals surface area contributed by atoms with Gasteiger partial charge in [-0.25, -0.2) is 14.4 Å². The lowest BCUT2D eigenvalue weighted by atomic mass is 9.83. The Morgan fingerprint density at radius 2 is 2.15 bits per heavy atom. The number of nitrogens with one attached hydrogen (secondary N) is 1. The number of carbonyl (C=O) groups is 1. The number of pyridine rings is 1. The van der Waals surface area contributed by atoms with E-state index in [2.05, 4.69) is 20.3 Å². The zero-order valence-corrected chi connectivity index (χ0v) is 14.3. The third-order valence-corrected chi connectivity index (χ3v) is 4.96. The molecule has 7 nitrogen and oxygen atoms in total. The summed E-state index contributed by atoms with van der Waals surface area (Å²) in [5, 5.41) is 2.95. The average Bonchev–Trinajstić information content (AvgIpc) is 2.66. The lowest BCUT2D eigenvalue weighted by Crippen LogP contribution is -2.65. The molecule has 2 saturated heterocycles. The Morgan fingerprint density at radius 1 is 1.35 bits per heavy atom. The van der Waals surface area contributed by atoms with Crippen molar-refractivity contribution in [2.45, 2.75) is 18.4 Å². The third kappa shape index (κ3) is 3.50. The lowest BCUT2D eigenvalue weighted by Gasteiger charge is -2.52. The van der Waals surface area contributed by atoms with Crippen LogP contribution in [0.25, 0.3) is 0 Å². The van der Waals surface area contributed by atoms with E-state index in [4.69, 9.17) is 4.74 Å². The SMILES string of the molecule is O=C(NC[C@H]1CCC2(CN(c3ncc(F)cn3)C2)OC1)c1cccnc1. The first kappa shape index (κ1) is 16.8. The number of nitrogens with zero attached hydrogens (tertiary/aromatic N) is 4. The van der Waals surface area contributed by atoms with Gasteiger partial charge < -0.3 is 15.0 Å². The number of amides is 1. The van der Waals surface area contributed by atoms with Crippen molar-refractivity contribution in [3.05, 3.63) is 48.3 Å². The van der Waals surface area contributed by atoms with Crippen molar-refractivity contribution in [1.82, 2.24) is 20.3 Å². The van der Waals surface area contributed by atoms with Gasteiger partial charge in [0, 0.05) is 18.9 Å². The third-order valence-electron chi connectivity index (χ3n) is 4.96. The van der Waals surface area contributed by atoms with Crippen LogP contribution in [0.15, 0.2) is 36.9 Å². The molecule has 4 rings (SSSR count). The molecule has 2 aromatic heterocycles. The molecule has 0 aromatic carbocycles. The van der Waals surface area contributed by atoms with E-state index in [0.29, 0.717) is 43.7 Å². The molecule has 1 spiro atoms. The Labute approximate surface area is 150 Å². The minimum atomic E-state index is -0.436. The highest BCUT2D eigenvalue weighted by Gasteiger charge is 2.47. The Bertz CT molecular complexity index is 755. The Kier molecular flexibility index (Phi) is 4.50. The quantitative estimate of drug-likeness (QED) is 0.892. The Morgan fingerprint density at radius 3 is 2.81 bits per heavy atom. The van der Waals surface area contributed by atoms with Gasteiger partial charge in [0.1, 0.15) is 5.60 Å². The second-order valence-corrected chi connectivity index (χ2v) is 6.91. The molecule has 2 aromatic rings. The van der Waals surface area contributed by atoms with Crippen molar-refractivity contribution in [3.63, 3.8) is 0 Å². The van der Waals surface area contributed by atoms with Crippen molar-refractivity contribution < 1.29 is 13.9 Å². The summed E-state index contributed by atoms with van der Waals surface area (Å²) in [6.45, 7) is 2.64. The van der Waals surface area contributed by atoms with Crippen molar-refractivity contribution in [2.24, 2.45) is 5.92 Å². The minimum absolute atomic E-state index is 0.110. The molecule has 1 amide bonds. The van der Waals surface area contributed by atoms with Crippen LogP contribution in [-0.2, 0) is 4.74 Å². The molecule has 0 aliphatic carbocycles. The van der Waals surface area contributed by atoms with E-state index in [9.17, 15) is 9.18 Å². The van der Waals surface area contributed by atoms with Crippen LogP contribution in [0, 0.1) is 11.7 Å². The number of rotatable bonds is 4. The Balaban J connectivity index is 1.22. The second-order valence-electron chi connectivity index (χ2n) is 6.91. The molecule has 136 valence electrons. The maximum Gasteiger partial charge on any atom is 0.252 e. The fourth-order valence-corrected chi connectivity index (χ4v) is 3.42. The zero-order chi connectivity index (χ0) is 18.0. The van der Waals surface area contributed by atoms with E-state index in [1.54, 1.807) is 24.5 Å². The molecule has 2 aliphatic rings. The number of hydrogen-bond donors (Lipinski definition) is 1. The first-order chi connectivity index (χ1) is 12.6. The number of aromatic nitrogens is 3. The molecular weight excluding hydrogens is 337 g/mol. The highest BCUT2D eigenvalue weighted by Crippen LogP contribution is 2.37. The fourth-order valence-electron chi connectivity index (χ4n) is 3.42. The number of anilines is 1. The monoisotopic (exact) mass is 357 g/mol. The summed E-state index contributed by atoms with van der Waals surface area (Å²) >= 11 is 0. The summed E-state index contributed by atoms with van der Waals surface area (Å²) < 4.78 is 19.0. The van der Waals surface area contributed by atoms with Crippen LogP contribution in [-0.4, -0.2) is 52.7 Å². The maximum absolute atomic E-state index is 12.9. The topological polar surface area (TPSA) is 80.2 Å². The maximum atomic E-state index is 12.9. The summed E-state index contributed by atoms with van der Waals surface area (Å²) in [6.07, 6.45) is 7.47. The first-order valence-electron chi connectivity index (χ1n) is 8.68. The molecule has 4 heterocycles. The molecule has 0 unspecified atom stereocenters. The van der Waals surface area contributed by atoms with Crippen molar-refractivity contribution in [3.8, 4) is 0 Å². The molecule has 1 atom stereocenters. The number of hydrogen-bond acceptors (Lipinski definition) is 6. The highest BCUT2D eigenvalue weighted by molar-refractivity contribution is 5.93. The van der Waals surface area contributed by atoms with Crippen molar-refractivity contribution in [1.29, 1.82) is 0 Å². The standard InChI is InChI=1S/C18H20FN5O2/c19-15-8-22-17(23-9-15)24-11-18(12-24)4-3-13(10-26-18)6-21-16(25)14-2-1-5-20-7-14/h1-2,5,7-9,13H,3-4,6,10-12H2,(H,21,25)/t13-/m1/s1. The van der Waals surface area contributed by atoms with Crippen LogP contribution < -0.4 is 10.2 Å². The minimum Gasteiger partial charge on any atom is -0.371 e. The second kappa shape index (κ2) is 6.95. The summed E-state index contributed by atoms with van der Waals surface area (Å²) in [5.41, 5.74) is 0.399. The van der Waals surface area contributed by atoms with E-state index in [1.807, 2.05) is 4.90 Å². The molecule has 26 heavy (non-hydrogen) atoms. The van der Waals surface area contributed by atoms with Crippen LogP contribution in [0.1, 0.15) is 23.2 Å². The first-order valence-corrected chi connectivity index (χ1v) is 8.68. The molecule has 0 bridgehead atoms. The van der Waals surface area contributed by atoms with Crippen molar-refractivity contribution in [2.75, 3.05) is 31.1 Å². The van der Waals surface area contributed by atoms with Crippen LogP contribution >= 0.6 is 0 Å². The van der Waals surface area contributed by atoms with Crippen LogP contribution in [0.3, 0.4) is 0 Å². The lowest BCUT2D eigenvalue weighted by molar-refractivity contribution is -0.115. The van der Waals surface area contributed by atoms with Gasteiger partial charge >= 0.3 is 0 Å². The molecular formula is C18H20FN5O2. The van der Waals surface area contributed by atoms with Gasteiger partial charge in [-0.1, -0.05) is 0 Å². The number of halogens is 1. The van der Waals surface area contributed by atoms with Gasteiger partial charge in [0.2, 0.25) is 5.95 Å². The van der Waals surface area contributed by atoms with E-state index < -0.39 is 5.82 Å². The van der Waals surface area contributed by atoms with Gasteiger partial charge in [-0.15, -0.1) is 0 Å².